The number of hydrogen-bond acceptors (Lipinski definition) is 3. The van der Waals surface area contributed by atoms with Crippen LogP contribution in [0.25, 0.3) is 11.3 Å². The van der Waals surface area contributed by atoms with E-state index in [9.17, 15) is 9.90 Å². The second kappa shape index (κ2) is 5.69. The molecule has 2 aromatic rings. The summed E-state index contributed by atoms with van der Waals surface area (Å²) in [5.74, 6) is -0.208. The van der Waals surface area contributed by atoms with Gasteiger partial charge in [-0.15, -0.1) is 0 Å². The third-order valence-electron chi connectivity index (χ3n) is 4.13. The fourth-order valence-corrected chi connectivity index (χ4v) is 2.88. The van der Waals surface area contributed by atoms with Gasteiger partial charge in [-0.05, 0) is 18.9 Å². The molecule has 1 aromatic carbocycles. The van der Waals surface area contributed by atoms with Crippen LogP contribution in [0.15, 0.2) is 36.4 Å². The van der Waals surface area contributed by atoms with Crippen molar-refractivity contribution < 1.29 is 9.90 Å². The largest absolute Gasteiger partial charge is 0.394 e. The van der Waals surface area contributed by atoms with E-state index in [2.05, 4.69) is 15.5 Å². The number of benzene rings is 1. The molecule has 1 aliphatic carbocycles. The Morgan fingerprint density at radius 1 is 1.29 bits per heavy atom. The molecule has 1 amide bonds. The van der Waals surface area contributed by atoms with Gasteiger partial charge in [-0.25, -0.2) is 0 Å². The van der Waals surface area contributed by atoms with E-state index in [1.54, 1.807) is 6.07 Å². The Balaban J connectivity index is 1.75. The van der Waals surface area contributed by atoms with Crippen LogP contribution in [0.2, 0.25) is 0 Å². The van der Waals surface area contributed by atoms with Crippen molar-refractivity contribution in [3.63, 3.8) is 0 Å². The van der Waals surface area contributed by atoms with Crippen molar-refractivity contribution in [1.82, 2.24) is 15.5 Å². The summed E-state index contributed by atoms with van der Waals surface area (Å²) in [5.41, 5.74) is 1.67. The minimum Gasteiger partial charge on any atom is -0.394 e. The minimum atomic E-state index is -0.463. The molecule has 0 radical (unpaired) electrons. The van der Waals surface area contributed by atoms with E-state index in [0.717, 1.165) is 36.9 Å². The van der Waals surface area contributed by atoms with Crippen LogP contribution in [0.4, 0.5) is 0 Å². The molecule has 5 heteroatoms. The van der Waals surface area contributed by atoms with Gasteiger partial charge in [0.2, 0.25) is 0 Å². The van der Waals surface area contributed by atoms with Crippen molar-refractivity contribution in [3.05, 3.63) is 42.1 Å². The highest BCUT2D eigenvalue weighted by molar-refractivity contribution is 5.93. The second-order valence-corrected chi connectivity index (χ2v) is 5.63. The highest BCUT2D eigenvalue weighted by Crippen LogP contribution is 2.29. The molecule has 1 aliphatic rings. The predicted molar refractivity (Wildman–Crippen MR) is 79.8 cm³/mol. The summed E-state index contributed by atoms with van der Waals surface area (Å²) < 4.78 is 0. The molecular formula is C16H19N3O2. The van der Waals surface area contributed by atoms with Crippen molar-refractivity contribution in [2.45, 2.75) is 31.2 Å². The summed E-state index contributed by atoms with van der Waals surface area (Å²) in [7, 11) is 0. The number of H-pyrrole nitrogens is 1. The molecule has 0 bridgehead atoms. The first-order valence-electron chi connectivity index (χ1n) is 7.27. The molecule has 3 rings (SSSR count). The third-order valence-corrected chi connectivity index (χ3v) is 4.13. The lowest BCUT2D eigenvalue weighted by Crippen LogP contribution is -2.49. The first-order valence-corrected chi connectivity index (χ1v) is 7.27. The average Bonchev–Trinajstić information content (AvgIpc) is 3.18. The quantitative estimate of drug-likeness (QED) is 0.805. The van der Waals surface area contributed by atoms with Gasteiger partial charge in [-0.3, -0.25) is 9.89 Å². The number of hydrogen-bond donors (Lipinski definition) is 3. The maximum atomic E-state index is 12.3. The van der Waals surface area contributed by atoms with E-state index < -0.39 is 5.54 Å². The lowest BCUT2D eigenvalue weighted by molar-refractivity contribution is 0.0833. The van der Waals surface area contributed by atoms with Crippen LogP contribution >= 0.6 is 0 Å². The van der Waals surface area contributed by atoms with Gasteiger partial charge in [0.1, 0.15) is 5.69 Å². The molecule has 1 heterocycles. The van der Waals surface area contributed by atoms with E-state index in [1.165, 1.54) is 0 Å². The molecular weight excluding hydrogens is 266 g/mol. The third kappa shape index (κ3) is 2.83. The second-order valence-electron chi connectivity index (χ2n) is 5.63. The normalized spacial score (nSPS) is 16.8. The molecule has 0 spiro atoms. The van der Waals surface area contributed by atoms with Crippen LogP contribution in [-0.2, 0) is 0 Å². The first-order chi connectivity index (χ1) is 10.2. The smallest absolute Gasteiger partial charge is 0.269 e. The standard InChI is InChI=1S/C16H19N3O2/c20-11-16(8-4-5-9-16)17-15(21)14-10-13(18-19-14)12-6-2-1-3-7-12/h1-3,6-7,10,20H,4-5,8-9,11H2,(H,17,21)(H,18,19). The summed E-state index contributed by atoms with van der Waals surface area (Å²) in [6, 6.07) is 11.4. The fourth-order valence-electron chi connectivity index (χ4n) is 2.88. The summed E-state index contributed by atoms with van der Waals surface area (Å²) in [6.07, 6.45) is 3.74. The number of aliphatic hydroxyl groups excluding tert-OH is 1. The summed E-state index contributed by atoms with van der Waals surface area (Å²) in [6.45, 7) is -0.0155. The maximum Gasteiger partial charge on any atom is 0.269 e. The maximum absolute atomic E-state index is 12.3. The van der Waals surface area contributed by atoms with Gasteiger partial charge in [0.05, 0.1) is 17.8 Å². The van der Waals surface area contributed by atoms with Gasteiger partial charge in [0.15, 0.2) is 0 Å². The number of rotatable bonds is 4. The Bertz CT molecular complexity index is 615. The molecule has 0 aliphatic heterocycles. The summed E-state index contributed by atoms with van der Waals surface area (Å²) in [4.78, 5) is 12.3. The number of nitrogens with one attached hydrogen (secondary N) is 2. The molecule has 0 unspecified atom stereocenters. The Labute approximate surface area is 123 Å². The van der Waals surface area contributed by atoms with Crippen LogP contribution in [0.5, 0.6) is 0 Å². The topological polar surface area (TPSA) is 78.0 Å². The van der Waals surface area contributed by atoms with Crippen molar-refractivity contribution in [2.75, 3.05) is 6.61 Å². The number of aromatic nitrogens is 2. The van der Waals surface area contributed by atoms with Gasteiger partial charge in [0.25, 0.3) is 5.91 Å². The monoisotopic (exact) mass is 285 g/mol. The van der Waals surface area contributed by atoms with E-state index in [-0.39, 0.29) is 12.5 Å². The van der Waals surface area contributed by atoms with Gasteiger partial charge < -0.3 is 10.4 Å². The van der Waals surface area contributed by atoms with E-state index in [4.69, 9.17) is 0 Å². The average molecular weight is 285 g/mol. The fraction of sp³-hybridized carbons (Fsp3) is 0.375. The molecule has 3 N–H and O–H groups in total. The van der Waals surface area contributed by atoms with Crippen LogP contribution in [-0.4, -0.2) is 33.4 Å². The van der Waals surface area contributed by atoms with Crippen LogP contribution in [0.3, 0.4) is 0 Å². The zero-order chi connectivity index (χ0) is 14.7. The van der Waals surface area contributed by atoms with Crippen LogP contribution in [0, 0.1) is 0 Å². The number of carbonyl (C=O) groups is 1. The molecule has 110 valence electrons. The molecule has 0 saturated heterocycles. The Morgan fingerprint density at radius 3 is 2.67 bits per heavy atom. The van der Waals surface area contributed by atoms with Crippen LogP contribution in [0.1, 0.15) is 36.2 Å². The SMILES string of the molecule is O=C(NC1(CO)CCCC1)c1cc(-c2ccccc2)n[nH]1. The van der Waals surface area contributed by atoms with Gasteiger partial charge >= 0.3 is 0 Å². The minimum absolute atomic E-state index is 0.0155. The molecule has 1 fully saturated rings. The Hall–Kier alpha value is -2.14. The number of carbonyl (C=O) groups excluding carboxylic acids is 1. The van der Waals surface area contributed by atoms with Crippen molar-refractivity contribution >= 4 is 5.91 Å². The zero-order valence-corrected chi connectivity index (χ0v) is 11.8. The number of nitrogens with zero attached hydrogens (tertiary/aromatic N) is 1. The highest BCUT2D eigenvalue weighted by Gasteiger charge is 2.35. The number of amides is 1. The molecule has 21 heavy (non-hydrogen) atoms. The van der Waals surface area contributed by atoms with Crippen molar-refractivity contribution in [3.8, 4) is 11.3 Å². The summed E-state index contributed by atoms with van der Waals surface area (Å²) in [5, 5.41) is 19.5. The molecule has 5 nitrogen and oxygen atoms in total. The molecule has 1 saturated carbocycles. The lowest BCUT2D eigenvalue weighted by atomic mass is 9.98. The van der Waals surface area contributed by atoms with E-state index in [0.29, 0.717) is 5.69 Å². The number of aliphatic hydroxyl groups is 1. The van der Waals surface area contributed by atoms with Gasteiger partial charge in [-0.2, -0.15) is 5.10 Å². The predicted octanol–water partition coefficient (Wildman–Crippen LogP) is 2.11. The van der Waals surface area contributed by atoms with E-state index in [1.807, 2.05) is 30.3 Å². The summed E-state index contributed by atoms with van der Waals surface area (Å²) >= 11 is 0. The van der Waals surface area contributed by atoms with Gasteiger partial charge in [0, 0.05) is 5.56 Å². The molecule has 1 aromatic heterocycles. The van der Waals surface area contributed by atoms with Crippen molar-refractivity contribution in [2.24, 2.45) is 0 Å². The zero-order valence-electron chi connectivity index (χ0n) is 11.8. The first kappa shape index (κ1) is 13.8. The van der Waals surface area contributed by atoms with Crippen LogP contribution < -0.4 is 5.32 Å². The molecule has 0 atom stereocenters. The number of aromatic amines is 1. The lowest BCUT2D eigenvalue weighted by Gasteiger charge is -2.27. The Morgan fingerprint density at radius 2 is 2.00 bits per heavy atom. The van der Waals surface area contributed by atoms with E-state index >= 15 is 0 Å². The van der Waals surface area contributed by atoms with Crippen molar-refractivity contribution in [1.29, 1.82) is 0 Å². The Kier molecular flexibility index (Phi) is 3.75. The highest BCUT2D eigenvalue weighted by atomic mass is 16.3. The van der Waals surface area contributed by atoms with Gasteiger partial charge in [-0.1, -0.05) is 43.2 Å².